The lowest BCUT2D eigenvalue weighted by atomic mass is 10.1. The predicted octanol–water partition coefficient (Wildman–Crippen LogP) is 4.11. The number of nitro benzene ring substituents is 1. The third kappa shape index (κ3) is 5.19. The molecule has 2 amide bonds. The van der Waals surface area contributed by atoms with Gasteiger partial charge in [0.25, 0.3) is 11.6 Å². The lowest BCUT2D eigenvalue weighted by Crippen LogP contribution is -2.25. The number of carbonyl (C=O) groups is 2. The zero-order valence-corrected chi connectivity index (χ0v) is 21.0. The molecular formula is C26H24N4O8. The van der Waals surface area contributed by atoms with Crippen LogP contribution in [-0.4, -0.2) is 49.0 Å². The number of nitrogens with zero attached hydrogens (tertiary/aromatic N) is 3. The molecule has 3 aromatic rings. The van der Waals surface area contributed by atoms with Crippen molar-refractivity contribution in [3.05, 3.63) is 87.5 Å². The Bertz CT molecular complexity index is 1400. The van der Waals surface area contributed by atoms with E-state index in [4.69, 9.17) is 18.9 Å². The number of nitro groups is 1. The highest BCUT2D eigenvalue weighted by molar-refractivity contribution is 6.05. The van der Waals surface area contributed by atoms with E-state index in [-0.39, 0.29) is 23.1 Å². The SMILES string of the molecule is COc1cc([C@H]2OC(c3ccc(NC(=O)c4cccc([N+](=O)[O-])c4)cc3)=NN2C(C)=O)cc(OC)c1OC. The maximum absolute atomic E-state index is 12.5. The number of rotatable bonds is 8. The van der Waals surface area contributed by atoms with E-state index in [0.717, 1.165) is 0 Å². The highest BCUT2D eigenvalue weighted by Gasteiger charge is 2.34. The summed E-state index contributed by atoms with van der Waals surface area (Å²) in [6.07, 6.45) is -0.885. The minimum atomic E-state index is -0.885. The van der Waals surface area contributed by atoms with Crippen LogP contribution in [0.1, 0.15) is 34.6 Å². The molecule has 1 aliphatic rings. The molecule has 38 heavy (non-hydrogen) atoms. The van der Waals surface area contributed by atoms with Crippen molar-refractivity contribution in [3.8, 4) is 17.2 Å². The van der Waals surface area contributed by atoms with Gasteiger partial charge in [-0.25, -0.2) is 0 Å². The molecule has 0 aromatic heterocycles. The molecule has 0 radical (unpaired) electrons. The molecule has 0 unspecified atom stereocenters. The van der Waals surface area contributed by atoms with Crippen molar-refractivity contribution < 1.29 is 33.5 Å². The van der Waals surface area contributed by atoms with Gasteiger partial charge in [-0.1, -0.05) is 6.07 Å². The summed E-state index contributed by atoms with van der Waals surface area (Å²) in [7, 11) is 4.46. The van der Waals surface area contributed by atoms with E-state index in [2.05, 4.69) is 10.4 Å². The molecule has 1 atom stereocenters. The van der Waals surface area contributed by atoms with E-state index >= 15 is 0 Å². The Hall–Kier alpha value is -5.13. The van der Waals surface area contributed by atoms with Crippen LogP contribution in [0.3, 0.4) is 0 Å². The Labute approximate surface area is 217 Å². The maximum atomic E-state index is 12.5. The van der Waals surface area contributed by atoms with E-state index in [1.54, 1.807) is 36.4 Å². The number of amides is 2. The van der Waals surface area contributed by atoms with Crippen molar-refractivity contribution in [3.63, 3.8) is 0 Å². The number of hydrogen-bond donors (Lipinski definition) is 1. The molecule has 0 spiro atoms. The van der Waals surface area contributed by atoms with Gasteiger partial charge in [-0.3, -0.25) is 19.7 Å². The summed E-state index contributed by atoms with van der Waals surface area (Å²) in [6.45, 7) is 1.37. The average molecular weight is 520 g/mol. The van der Waals surface area contributed by atoms with Gasteiger partial charge in [0.1, 0.15) is 0 Å². The zero-order chi connectivity index (χ0) is 27.4. The molecule has 1 heterocycles. The molecule has 0 aliphatic carbocycles. The second-order valence-electron chi connectivity index (χ2n) is 8.04. The van der Waals surface area contributed by atoms with Crippen LogP contribution in [0, 0.1) is 10.1 Å². The molecule has 1 aliphatic heterocycles. The first-order valence-electron chi connectivity index (χ1n) is 11.3. The monoisotopic (exact) mass is 520 g/mol. The standard InChI is InChI=1S/C26H24N4O8/c1-15(31)29-26(18-13-21(35-2)23(37-4)22(14-18)36-3)38-25(28-29)16-8-10-19(11-9-16)27-24(32)17-6-5-7-20(12-17)30(33)34/h5-14,26H,1-4H3,(H,27,32)/t26-/m1/s1. The van der Waals surface area contributed by atoms with Crippen LogP contribution in [0.2, 0.25) is 0 Å². The fourth-order valence-electron chi connectivity index (χ4n) is 3.80. The van der Waals surface area contributed by atoms with Gasteiger partial charge in [-0.15, -0.1) is 5.10 Å². The van der Waals surface area contributed by atoms with Crippen molar-refractivity contribution >= 4 is 29.1 Å². The zero-order valence-electron chi connectivity index (χ0n) is 21.0. The number of ether oxygens (including phenoxy) is 4. The van der Waals surface area contributed by atoms with E-state index in [1.165, 1.54) is 57.5 Å². The van der Waals surface area contributed by atoms with Crippen molar-refractivity contribution in [2.45, 2.75) is 13.2 Å². The Balaban J connectivity index is 1.55. The van der Waals surface area contributed by atoms with Crippen LogP contribution in [0.5, 0.6) is 17.2 Å². The number of carbonyl (C=O) groups excluding carboxylic acids is 2. The van der Waals surface area contributed by atoms with Crippen LogP contribution in [0.15, 0.2) is 65.8 Å². The topological polar surface area (TPSA) is 142 Å². The average Bonchev–Trinajstić information content (AvgIpc) is 3.38. The van der Waals surface area contributed by atoms with E-state index < -0.39 is 17.1 Å². The van der Waals surface area contributed by atoms with Gasteiger partial charge in [0.15, 0.2) is 11.5 Å². The second kappa shape index (κ2) is 10.9. The second-order valence-corrected chi connectivity index (χ2v) is 8.04. The normalized spacial score (nSPS) is 14.3. The molecule has 4 rings (SSSR count). The number of nitrogens with one attached hydrogen (secondary N) is 1. The van der Waals surface area contributed by atoms with Crippen LogP contribution < -0.4 is 19.5 Å². The quantitative estimate of drug-likeness (QED) is 0.345. The smallest absolute Gasteiger partial charge is 0.270 e. The van der Waals surface area contributed by atoms with Gasteiger partial charge in [0.05, 0.1) is 26.3 Å². The van der Waals surface area contributed by atoms with Gasteiger partial charge in [-0.05, 0) is 42.5 Å². The number of hydrogen-bond acceptors (Lipinski definition) is 9. The Morgan fingerprint density at radius 3 is 2.21 bits per heavy atom. The highest BCUT2D eigenvalue weighted by Crippen LogP contribution is 2.42. The van der Waals surface area contributed by atoms with E-state index in [1.807, 2.05) is 0 Å². The van der Waals surface area contributed by atoms with E-state index in [0.29, 0.717) is 34.1 Å². The molecule has 12 nitrogen and oxygen atoms in total. The minimum absolute atomic E-state index is 0.150. The van der Waals surface area contributed by atoms with Gasteiger partial charge in [0.2, 0.25) is 23.8 Å². The lowest BCUT2D eigenvalue weighted by molar-refractivity contribution is -0.384. The molecule has 0 saturated heterocycles. The van der Waals surface area contributed by atoms with Crippen LogP contribution in [-0.2, 0) is 9.53 Å². The number of benzene rings is 3. The molecule has 196 valence electrons. The van der Waals surface area contributed by atoms with Gasteiger partial charge >= 0.3 is 0 Å². The molecule has 12 heteroatoms. The van der Waals surface area contributed by atoms with E-state index in [9.17, 15) is 19.7 Å². The fourth-order valence-corrected chi connectivity index (χ4v) is 3.80. The predicted molar refractivity (Wildman–Crippen MR) is 136 cm³/mol. The number of hydrazone groups is 1. The summed E-state index contributed by atoms with van der Waals surface area (Å²) < 4.78 is 22.2. The van der Waals surface area contributed by atoms with Gasteiger partial charge < -0.3 is 24.3 Å². The third-order valence-corrected chi connectivity index (χ3v) is 5.65. The van der Waals surface area contributed by atoms with Crippen molar-refractivity contribution in [1.29, 1.82) is 0 Å². The summed E-state index contributed by atoms with van der Waals surface area (Å²) in [6, 6.07) is 15.4. The van der Waals surface area contributed by atoms with Crippen molar-refractivity contribution in [2.75, 3.05) is 26.6 Å². The first-order valence-corrected chi connectivity index (χ1v) is 11.3. The molecular weight excluding hydrogens is 496 g/mol. The minimum Gasteiger partial charge on any atom is -0.493 e. The lowest BCUT2D eigenvalue weighted by Gasteiger charge is -2.21. The summed E-state index contributed by atoms with van der Waals surface area (Å²) in [4.78, 5) is 35.3. The summed E-state index contributed by atoms with van der Waals surface area (Å²) >= 11 is 0. The van der Waals surface area contributed by atoms with Gasteiger partial charge in [-0.2, -0.15) is 5.01 Å². The Kier molecular flexibility index (Phi) is 7.42. The molecule has 0 fully saturated rings. The third-order valence-electron chi connectivity index (χ3n) is 5.65. The summed E-state index contributed by atoms with van der Waals surface area (Å²) in [5.74, 6) is 0.531. The Morgan fingerprint density at radius 2 is 1.66 bits per heavy atom. The number of non-ortho nitro benzene ring substituents is 1. The molecule has 0 bridgehead atoms. The van der Waals surface area contributed by atoms with Crippen LogP contribution in [0.4, 0.5) is 11.4 Å². The first-order chi connectivity index (χ1) is 18.2. The molecule has 0 saturated carbocycles. The Morgan fingerprint density at radius 1 is 1.00 bits per heavy atom. The molecule has 3 aromatic carbocycles. The van der Waals surface area contributed by atoms with Crippen LogP contribution >= 0.6 is 0 Å². The van der Waals surface area contributed by atoms with Crippen molar-refractivity contribution in [2.24, 2.45) is 5.10 Å². The largest absolute Gasteiger partial charge is 0.493 e. The van der Waals surface area contributed by atoms with Gasteiger partial charge in [0, 0.05) is 41.4 Å². The molecule has 1 N–H and O–H groups in total. The summed E-state index contributed by atoms with van der Waals surface area (Å²) in [5, 5.41) is 19.2. The van der Waals surface area contributed by atoms with Crippen LogP contribution in [0.25, 0.3) is 0 Å². The number of anilines is 1. The van der Waals surface area contributed by atoms with Crippen molar-refractivity contribution in [1.82, 2.24) is 5.01 Å². The summed E-state index contributed by atoms with van der Waals surface area (Å²) in [5.41, 5.74) is 1.53. The fraction of sp³-hybridized carbons (Fsp3) is 0.192. The first kappa shape index (κ1) is 25.9. The maximum Gasteiger partial charge on any atom is 0.270 e. The number of methoxy groups -OCH3 is 3. The highest BCUT2D eigenvalue weighted by atomic mass is 16.6.